The van der Waals surface area contributed by atoms with Gasteiger partial charge >= 0.3 is 5.97 Å². The number of Topliss-reactive ketones (excluding diaryl/α,β-unsaturated/α-hetero) is 1. The van der Waals surface area contributed by atoms with E-state index in [2.05, 4.69) is 0 Å². The Labute approximate surface area is 183 Å². The first kappa shape index (κ1) is 21.3. The molecule has 1 atom stereocenters. The molecule has 2 aromatic rings. The number of benzene rings is 2. The Hall–Kier alpha value is -2.95. The number of hydrogen-bond donors (Lipinski definition) is 0. The second-order valence-corrected chi connectivity index (χ2v) is 8.65. The van der Waals surface area contributed by atoms with Crippen molar-refractivity contribution in [3.8, 4) is 0 Å². The summed E-state index contributed by atoms with van der Waals surface area (Å²) in [6.07, 6.45) is 6.42. The molecule has 1 amide bonds. The molecule has 1 heterocycles. The molecule has 0 spiro atoms. The van der Waals surface area contributed by atoms with Crippen LogP contribution in [0.3, 0.4) is 0 Å². The van der Waals surface area contributed by atoms with E-state index in [1.807, 2.05) is 54.6 Å². The van der Waals surface area contributed by atoms with Gasteiger partial charge in [-0.2, -0.15) is 0 Å². The second-order valence-electron chi connectivity index (χ2n) is 8.65. The average Bonchev–Trinajstić information content (AvgIpc) is 3.19. The lowest BCUT2D eigenvalue weighted by atomic mass is 9.84. The highest BCUT2D eigenvalue weighted by Gasteiger charge is 2.35. The summed E-state index contributed by atoms with van der Waals surface area (Å²) >= 11 is 0. The normalized spacial score (nSPS) is 19.4. The zero-order valence-electron chi connectivity index (χ0n) is 17.8. The van der Waals surface area contributed by atoms with Gasteiger partial charge in [-0.1, -0.05) is 73.9 Å². The molecule has 0 unspecified atom stereocenters. The molecule has 2 aromatic carbocycles. The van der Waals surface area contributed by atoms with Crippen molar-refractivity contribution in [1.82, 2.24) is 4.90 Å². The fraction of sp³-hybridized carbons (Fsp3) is 0.423. The van der Waals surface area contributed by atoms with Gasteiger partial charge < -0.3 is 9.64 Å². The van der Waals surface area contributed by atoms with E-state index in [1.54, 1.807) is 4.90 Å². The van der Waals surface area contributed by atoms with Crippen LogP contribution in [0.4, 0.5) is 0 Å². The monoisotopic (exact) mass is 419 g/mol. The average molecular weight is 420 g/mol. The van der Waals surface area contributed by atoms with Crippen LogP contribution in [0.2, 0.25) is 0 Å². The predicted octanol–water partition coefficient (Wildman–Crippen LogP) is 4.51. The summed E-state index contributed by atoms with van der Waals surface area (Å²) < 4.78 is 5.27. The lowest BCUT2D eigenvalue weighted by molar-refractivity contribution is -0.147. The zero-order chi connectivity index (χ0) is 21.6. The number of ether oxygens (including phenoxy) is 1. The molecule has 5 heteroatoms. The fourth-order valence-corrected chi connectivity index (χ4v) is 4.60. The van der Waals surface area contributed by atoms with Gasteiger partial charge in [0.2, 0.25) is 5.91 Å². The van der Waals surface area contributed by atoms with E-state index < -0.39 is 11.9 Å². The third kappa shape index (κ3) is 5.40. The number of likely N-dealkylation sites (tertiary alicyclic amines) is 1. The molecule has 2 fully saturated rings. The van der Waals surface area contributed by atoms with Crippen LogP contribution >= 0.6 is 0 Å². The number of rotatable bonds is 7. The van der Waals surface area contributed by atoms with Crippen molar-refractivity contribution in [2.75, 3.05) is 13.2 Å². The van der Waals surface area contributed by atoms with E-state index in [9.17, 15) is 14.4 Å². The predicted molar refractivity (Wildman–Crippen MR) is 118 cm³/mol. The maximum Gasteiger partial charge on any atom is 0.311 e. The summed E-state index contributed by atoms with van der Waals surface area (Å²) in [7, 11) is 0. The number of hydrogen-bond acceptors (Lipinski definition) is 4. The summed E-state index contributed by atoms with van der Waals surface area (Å²) in [6.45, 7) is 0.525. The van der Waals surface area contributed by atoms with Crippen LogP contribution in [-0.2, 0) is 20.9 Å². The van der Waals surface area contributed by atoms with Crippen molar-refractivity contribution in [2.45, 2.75) is 51.0 Å². The van der Waals surface area contributed by atoms with Crippen LogP contribution in [0, 0.1) is 5.92 Å². The standard InChI is InChI=1S/C26H29NO4/c28-24(22-13-11-21(12-14-22)20-9-5-2-6-10-20)18-31-26(30)23-15-25(29)27(17-23)16-19-7-3-1-4-8-19/h1,3-4,7-8,11-14,20,23H,2,5-6,9-10,15-18H2/t23-/m1/s1. The van der Waals surface area contributed by atoms with Crippen LogP contribution < -0.4 is 0 Å². The highest BCUT2D eigenvalue weighted by Crippen LogP contribution is 2.32. The molecule has 0 bridgehead atoms. The van der Waals surface area contributed by atoms with Gasteiger partial charge in [0.15, 0.2) is 12.4 Å². The maximum absolute atomic E-state index is 12.5. The van der Waals surface area contributed by atoms with Crippen LogP contribution in [0.25, 0.3) is 0 Å². The summed E-state index contributed by atoms with van der Waals surface area (Å²) in [5.74, 6) is -0.673. The van der Waals surface area contributed by atoms with Crippen molar-refractivity contribution in [3.05, 3.63) is 71.3 Å². The molecule has 1 saturated carbocycles. The third-order valence-electron chi connectivity index (χ3n) is 6.42. The molecule has 0 N–H and O–H groups in total. The van der Waals surface area contributed by atoms with E-state index in [4.69, 9.17) is 4.74 Å². The largest absolute Gasteiger partial charge is 0.457 e. The van der Waals surface area contributed by atoms with E-state index in [1.165, 1.54) is 37.7 Å². The first-order valence-electron chi connectivity index (χ1n) is 11.2. The van der Waals surface area contributed by atoms with Gasteiger partial charge in [-0.15, -0.1) is 0 Å². The minimum atomic E-state index is -0.516. The molecule has 4 rings (SSSR count). The summed E-state index contributed by atoms with van der Waals surface area (Å²) in [5.41, 5.74) is 2.87. The molecule has 0 aromatic heterocycles. The first-order valence-corrected chi connectivity index (χ1v) is 11.2. The van der Waals surface area contributed by atoms with Gasteiger partial charge in [0.05, 0.1) is 5.92 Å². The number of ketones is 1. The van der Waals surface area contributed by atoms with Crippen molar-refractivity contribution in [1.29, 1.82) is 0 Å². The van der Waals surface area contributed by atoms with Gasteiger partial charge in [0.1, 0.15) is 0 Å². The number of amides is 1. The summed E-state index contributed by atoms with van der Waals surface area (Å²) in [4.78, 5) is 38.8. The Balaban J connectivity index is 1.26. The van der Waals surface area contributed by atoms with E-state index in [0.717, 1.165) is 5.56 Å². The molecule has 1 aliphatic heterocycles. The van der Waals surface area contributed by atoms with Crippen molar-refractivity contribution < 1.29 is 19.1 Å². The molecular formula is C26H29NO4. The molecule has 0 radical (unpaired) electrons. The fourth-order valence-electron chi connectivity index (χ4n) is 4.60. The van der Waals surface area contributed by atoms with Crippen molar-refractivity contribution in [3.63, 3.8) is 0 Å². The summed E-state index contributed by atoms with van der Waals surface area (Å²) in [5, 5.41) is 0. The van der Waals surface area contributed by atoms with Crippen molar-refractivity contribution in [2.24, 2.45) is 5.92 Å². The van der Waals surface area contributed by atoms with Crippen LogP contribution in [0.1, 0.15) is 65.9 Å². The number of carbonyl (C=O) groups excluding carboxylic acids is 3. The van der Waals surface area contributed by atoms with E-state index in [-0.39, 0.29) is 24.7 Å². The van der Waals surface area contributed by atoms with Gasteiger partial charge in [-0.3, -0.25) is 14.4 Å². The molecule has 31 heavy (non-hydrogen) atoms. The zero-order valence-corrected chi connectivity index (χ0v) is 17.8. The van der Waals surface area contributed by atoms with Crippen LogP contribution in [-0.4, -0.2) is 35.7 Å². The van der Waals surface area contributed by atoms with Gasteiger partial charge in [0.25, 0.3) is 0 Å². The highest BCUT2D eigenvalue weighted by molar-refractivity contribution is 5.98. The van der Waals surface area contributed by atoms with Crippen molar-refractivity contribution >= 4 is 17.7 Å². The molecule has 162 valence electrons. The van der Waals surface area contributed by atoms with Crippen LogP contribution in [0.5, 0.6) is 0 Å². The molecular weight excluding hydrogens is 390 g/mol. The van der Waals surface area contributed by atoms with Gasteiger partial charge in [0, 0.05) is 25.1 Å². The molecule has 2 aliphatic rings. The minimum absolute atomic E-state index is 0.0598. The Morgan fingerprint density at radius 3 is 2.35 bits per heavy atom. The van der Waals surface area contributed by atoms with Gasteiger partial charge in [-0.05, 0) is 29.9 Å². The Morgan fingerprint density at radius 2 is 1.65 bits per heavy atom. The SMILES string of the molecule is O=C(COC(=O)[C@@H]1CC(=O)N(Cc2ccccc2)C1)c1ccc(C2CCCCC2)cc1. The van der Waals surface area contributed by atoms with Crippen LogP contribution in [0.15, 0.2) is 54.6 Å². The highest BCUT2D eigenvalue weighted by atomic mass is 16.5. The Morgan fingerprint density at radius 1 is 0.935 bits per heavy atom. The van der Waals surface area contributed by atoms with E-state index in [0.29, 0.717) is 24.6 Å². The quantitative estimate of drug-likeness (QED) is 0.489. The first-order chi connectivity index (χ1) is 15.1. The third-order valence-corrected chi connectivity index (χ3v) is 6.42. The smallest absolute Gasteiger partial charge is 0.311 e. The molecule has 5 nitrogen and oxygen atoms in total. The summed E-state index contributed by atoms with van der Waals surface area (Å²) in [6, 6.07) is 17.4. The molecule has 1 aliphatic carbocycles. The topological polar surface area (TPSA) is 63.7 Å². The maximum atomic E-state index is 12.5. The minimum Gasteiger partial charge on any atom is -0.457 e. The number of nitrogens with zero attached hydrogens (tertiary/aromatic N) is 1. The number of esters is 1. The second kappa shape index (κ2) is 9.90. The van der Waals surface area contributed by atoms with E-state index >= 15 is 0 Å². The lowest BCUT2D eigenvalue weighted by Gasteiger charge is -2.22. The van der Waals surface area contributed by atoms with Gasteiger partial charge in [-0.25, -0.2) is 0 Å². The lowest BCUT2D eigenvalue weighted by Crippen LogP contribution is -2.27. The molecule has 1 saturated heterocycles. The number of carbonyl (C=O) groups is 3. The Kier molecular flexibility index (Phi) is 6.80. The Bertz CT molecular complexity index is 916.